The zero-order chi connectivity index (χ0) is 36.0. The Kier molecular flexibility index (Phi) is 9.07. The van der Waals surface area contributed by atoms with Gasteiger partial charge in [-0.1, -0.05) is 25.5 Å². The number of rotatable bonds is 10. The molecule has 268 valence electrons. The molecular formula is C42H45N5O4S. The van der Waals surface area contributed by atoms with Gasteiger partial charge in [0.2, 0.25) is 0 Å². The van der Waals surface area contributed by atoms with Gasteiger partial charge >= 0.3 is 0 Å². The van der Waals surface area contributed by atoms with Gasteiger partial charge in [-0.2, -0.15) is 0 Å². The fourth-order valence-electron chi connectivity index (χ4n) is 8.39. The highest BCUT2D eigenvalue weighted by Crippen LogP contribution is 2.57. The number of aliphatic imine (C=N–C) groups is 1. The number of para-hydroxylation sites is 2. The molecule has 2 aromatic heterocycles. The summed E-state index contributed by atoms with van der Waals surface area (Å²) in [6.45, 7) is 7.74. The van der Waals surface area contributed by atoms with Crippen molar-refractivity contribution in [1.82, 2.24) is 10.3 Å². The first kappa shape index (κ1) is 34.4. The average Bonchev–Trinajstić information content (AvgIpc) is 3.63. The molecule has 4 heterocycles. The number of carbonyl (C=O) groups excluding carboxylic acids is 3. The van der Waals surface area contributed by atoms with Crippen LogP contribution in [0.4, 0.5) is 17.1 Å². The first-order chi connectivity index (χ1) is 25.1. The zero-order valence-corrected chi connectivity index (χ0v) is 30.9. The number of anilines is 2. The third-order valence-electron chi connectivity index (χ3n) is 11.8. The maximum absolute atomic E-state index is 14.3. The number of amides is 3. The molecular weight excluding hydrogens is 671 g/mol. The van der Waals surface area contributed by atoms with Crippen molar-refractivity contribution in [2.75, 3.05) is 23.4 Å². The van der Waals surface area contributed by atoms with Crippen LogP contribution < -0.4 is 15.5 Å². The molecule has 2 aliphatic heterocycles. The van der Waals surface area contributed by atoms with Crippen LogP contribution in [0.5, 0.6) is 0 Å². The molecule has 3 aliphatic carbocycles. The SMILES string of the molecule is CCC1(CCc2ncc(C)cc2C(=O)Nc2ccc(C(=O)N3c4ccccc4N=C(c4ccc(C(=O)NC56CC(C5)C6)s4)[C@H]3C)cc2)CCOCC1. The lowest BCUT2D eigenvalue weighted by Gasteiger charge is -2.61. The highest BCUT2D eigenvalue weighted by Gasteiger charge is 2.57. The molecule has 9 nitrogen and oxygen atoms in total. The topological polar surface area (TPSA) is 113 Å². The lowest BCUT2D eigenvalue weighted by Crippen LogP contribution is -2.68. The fraction of sp³-hybridized carbons (Fsp3) is 0.405. The van der Waals surface area contributed by atoms with Crippen LogP contribution >= 0.6 is 11.3 Å². The molecule has 0 radical (unpaired) electrons. The van der Waals surface area contributed by atoms with Crippen LogP contribution in [0.25, 0.3) is 0 Å². The van der Waals surface area contributed by atoms with Gasteiger partial charge in [0.25, 0.3) is 17.7 Å². The van der Waals surface area contributed by atoms with E-state index in [0.29, 0.717) is 27.4 Å². The second-order valence-electron chi connectivity index (χ2n) is 15.2. The predicted octanol–water partition coefficient (Wildman–Crippen LogP) is 8.30. The number of carbonyl (C=O) groups is 3. The Morgan fingerprint density at radius 3 is 2.44 bits per heavy atom. The van der Waals surface area contributed by atoms with E-state index in [4.69, 9.17) is 14.7 Å². The van der Waals surface area contributed by atoms with Gasteiger partial charge in [-0.05, 0) is 130 Å². The van der Waals surface area contributed by atoms with Crippen molar-refractivity contribution in [2.45, 2.75) is 83.7 Å². The van der Waals surface area contributed by atoms with Crippen molar-refractivity contribution in [3.8, 4) is 0 Å². The number of ether oxygens (including phenoxy) is 1. The van der Waals surface area contributed by atoms with Crippen LogP contribution in [0.2, 0.25) is 0 Å². The van der Waals surface area contributed by atoms with E-state index in [0.717, 1.165) is 98.0 Å². The van der Waals surface area contributed by atoms with E-state index in [1.807, 2.05) is 62.5 Å². The van der Waals surface area contributed by atoms with E-state index in [-0.39, 0.29) is 34.7 Å². The lowest BCUT2D eigenvalue weighted by atomic mass is 9.50. The molecule has 3 amide bonds. The summed E-state index contributed by atoms with van der Waals surface area (Å²) in [5.74, 6) is 0.362. The summed E-state index contributed by atoms with van der Waals surface area (Å²) in [5, 5.41) is 6.30. The van der Waals surface area contributed by atoms with E-state index in [9.17, 15) is 14.4 Å². The third-order valence-corrected chi connectivity index (χ3v) is 12.9. The second kappa shape index (κ2) is 13.7. The molecule has 5 aliphatic rings. The quantitative estimate of drug-likeness (QED) is 0.172. The smallest absolute Gasteiger partial charge is 0.261 e. The monoisotopic (exact) mass is 715 g/mol. The van der Waals surface area contributed by atoms with Crippen LogP contribution in [0, 0.1) is 18.3 Å². The van der Waals surface area contributed by atoms with Crippen molar-refractivity contribution in [3.05, 3.63) is 105 Å². The Labute approximate surface area is 308 Å². The zero-order valence-electron chi connectivity index (χ0n) is 30.0. The Bertz CT molecular complexity index is 2050. The van der Waals surface area contributed by atoms with Gasteiger partial charge in [-0.3, -0.25) is 24.3 Å². The molecule has 0 unspecified atom stereocenters. The van der Waals surface area contributed by atoms with Crippen LogP contribution in [-0.4, -0.2) is 53.2 Å². The van der Waals surface area contributed by atoms with Gasteiger partial charge < -0.3 is 15.4 Å². The van der Waals surface area contributed by atoms with Crippen molar-refractivity contribution >= 4 is 51.8 Å². The maximum Gasteiger partial charge on any atom is 0.261 e. The summed E-state index contributed by atoms with van der Waals surface area (Å²) in [7, 11) is 0. The molecule has 2 aromatic carbocycles. The first-order valence-electron chi connectivity index (χ1n) is 18.5. The minimum atomic E-state index is -0.380. The van der Waals surface area contributed by atoms with E-state index < -0.39 is 0 Å². The number of thiophene rings is 1. The van der Waals surface area contributed by atoms with Gasteiger partial charge in [0.05, 0.1) is 44.1 Å². The molecule has 4 fully saturated rings. The van der Waals surface area contributed by atoms with Gasteiger partial charge in [-0.25, -0.2) is 4.99 Å². The summed E-state index contributed by atoms with van der Waals surface area (Å²) < 4.78 is 5.63. The number of aromatic nitrogens is 1. The van der Waals surface area contributed by atoms with Crippen LogP contribution in [-0.2, 0) is 11.2 Å². The lowest BCUT2D eigenvalue weighted by molar-refractivity contribution is -0.0437. The van der Waals surface area contributed by atoms with Gasteiger partial charge in [-0.15, -0.1) is 11.3 Å². The Hall–Kier alpha value is -4.67. The number of hydrogen-bond donors (Lipinski definition) is 2. The van der Waals surface area contributed by atoms with Crippen LogP contribution in [0.15, 0.2) is 77.9 Å². The summed E-state index contributed by atoms with van der Waals surface area (Å²) in [4.78, 5) is 54.0. The number of nitrogens with one attached hydrogen (secondary N) is 2. The number of nitrogens with zero attached hydrogens (tertiary/aromatic N) is 3. The number of pyridine rings is 1. The summed E-state index contributed by atoms with van der Waals surface area (Å²) in [6.07, 6.45) is 9.94. The highest BCUT2D eigenvalue weighted by molar-refractivity contribution is 7.16. The Balaban J connectivity index is 0.976. The minimum absolute atomic E-state index is 0.00564. The van der Waals surface area contributed by atoms with Crippen molar-refractivity contribution in [1.29, 1.82) is 0 Å². The number of benzene rings is 2. The summed E-state index contributed by atoms with van der Waals surface area (Å²) >= 11 is 1.42. The fourth-order valence-corrected chi connectivity index (χ4v) is 9.36. The number of hydrogen-bond acceptors (Lipinski definition) is 7. The number of aryl methyl sites for hydroxylation is 2. The molecule has 2 N–H and O–H groups in total. The van der Waals surface area contributed by atoms with E-state index in [1.54, 1.807) is 29.2 Å². The van der Waals surface area contributed by atoms with E-state index >= 15 is 0 Å². The van der Waals surface area contributed by atoms with Crippen molar-refractivity contribution in [3.63, 3.8) is 0 Å². The van der Waals surface area contributed by atoms with Crippen LogP contribution in [0.3, 0.4) is 0 Å². The molecule has 4 aromatic rings. The summed E-state index contributed by atoms with van der Waals surface area (Å²) in [5.41, 5.74) is 5.80. The molecule has 1 saturated heterocycles. The second-order valence-corrected chi connectivity index (χ2v) is 16.3. The molecule has 10 heteroatoms. The standard InChI is InChI=1S/C42H45N5O4S/c1-4-41(17-19-51-20-18-41)16-15-32-31(21-26(2)25-43-32)38(48)44-30-11-9-29(10-12-30)40(50)47-27(3)37(45-33-7-5-6-8-34(33)47)35-13-14-36(52-35)39(49)46-42-22-28(23-42)24-42/h5-14,21,25,27-28H,4,15-20,22-24H2,1-3H3,(H,44,48)(H,46,49)/t27-,28?,42?/m1/s1. The van der Waals surface area contributed by atoms with Gasteiger partial charge in [0.1, 0.15) is 0 Å². The predicted molar refractivity (Wildman–Crippen MR) is 205 cm³/mol. The maximum atomic E-state index is 14.3. The normalized spacial score (nSPS) is 22.7. The highest BCUT2D eigenvalue weighted by atomic mass is 32.1. The number of fused-ring (bicyclic) bond motifs is 1. The largest absolute Gasteiger partial charge is 0.381 e. The van der Waals surface area contributed by atoms with Crippen molar-refractivity contribution < 1.29 is 19.1 Å². The third kappa shape index (κ3) is 6.47. The molecule has 1 atom stereocenters. The molecule has 3 saturated carbocycles. The summed E-state index contributed by atoms with van der Waals surface area (Å²) in [6, 6.07) is 20.0. The van der Waals surface area contributed by atoms with Crippen LogP contribution in [0.1, 0.15) is 105 Å². The first-order valence-corrected chi connectivity index (χ1v) is 19.4. The molecule has 9 rings (SSSR count). The molecule has 2 bridgehead atoms. The van der Waals surface area contributed by atoms with E-state index in [1.165, 1.54) is 11.3 Å². The average molecular weight is 716 g/mol. The van der Waals surface area contributed by atoms with Crippen molar-refractivity contribution in [2.24, 2.45) is 16.3 Å². The van der Waals surface area contributed by atoms with Gasteiger partial charge in [0, 0.05) is 36.2 Å². The Morgan fingerprint density at radius 2 is 1.73 bits per heavy atom. The Morgan fingerprint density at radius 1 is 0.981 bits per heavy atom. The van der Waals surface area contributed by atoms with Gasteiger partial charge in [0.15, 0.2) is 0 Å². The van der Waals surface area contributed by atoms with E-state index in [2.05, 4.69) is 17.6 Å². The minimum Gasteiger partial charge on any atom is -0.381 e. The molecule has 52 heavy (non-hydrogen) atoms. The molecule has 0 spiro atoms.